The summed E-state index contributed by atoms with van der Waals surface area (Å²) in [4.78, 5) is 0. The zero-order chi connectivity index (χ0) is 9.26. The first kappa shape index (κ1) is 9.61. The highest BCUT2D eigenvalue weighted by molar-refractivity contribution is 7.40. The molecule has 2 saturated carbocycles. The van der Waals surface area contributed by atoms with E-state index in [1.807, 2.05) is 6.92 Å². The van der Waals surface area contributed by atoms with Crippen LogP contribution < -0.4 is 0 Å². The summed E-state index contributed by atoms with van der Waals surface area (Å²) >= 11 is 0. The molecule has 3 heteroatoms. The van der Waals surface area contributed by atoms with Crippen LogP contribution in [0, 0.1) is 11.8 Å². The summed E-state index contributed by atoms with van der Waals surface area (Å²) in [6.45, 7) is 2.53. The molecule has 0 amide bonds. The van der Waals surface area contributed by atoms with E-state index in [4.69, 9.17) is 4.52 Å². The third-order valence-electron chi connectivity index (χ3n) is 3.57. The van der Waals surface area contributed by atoms with E-state index in [9.17, 15) is 4.57 Å². The van der Waals surface area contributed by atoms with Crippen LogP contribution in [0.25, 0.3) is 0 Å². The smallest absolute Gasteiger partial charge is 0.146 e. The van der Waals surface area contributed by atoms with E-state index >= 15 is 0 Å². The largest absolute Gasteiger partial charge is 0.511 e. The maximum Gasteiger partial charge on any atom is 0.511 e. The summed E-state index contributed by atoms with van der Waals surface area (Å²) in [5.74, 6) is 1.61. The Morgan fingerprint density at radius 1 is 1.31 bits per heavy atom. The Bertz CT molecular complexity index is 205. The Kier molecular flexibility index (Phi) is 3.00. The minimum atomic E-state index is -1.36. The lowest BCUT2D eigenvalue weighted by atomic mass is 10.0. The maximum atomic E-state index is 11.7. The normalized spacial score (nSPS) is 39.2. The molecule has 2 rings (SSSR count). The van der Waals surface area contributed by atoms with Crippen LogP contribution in [0.1, 0.15) is 39.0 Å². The minimum Gasteiger partial charge on any atom is -0.146 e. The van der Waals surface area contributed by atoms with Crippen LogP contribution in [0.4, 0.5) is 0 Å². The molecular weight excluding hydrogens is 183 g/mol. The lowest BCUT2D eigenvalue weighted by molar-refractivity contribution is 0.332. The van der Waals surface area contributed by atoms with Gasteiger partial charge in [-0.2, -0.15) is 0 Å². The van der Waals surface area contributed by atoms with Gasteiger partial charge in [-0.1, -0.05) is 6.42 Å². The van der Waals surface area contributed by atoms with Crippen LogP contribution in [0.2, 0.25) is 0 Å². The quantitative estimate of drug-likeness (QED) is 0.654. The molecule has 4 unspecified atom stereocenters. The highest BCUT2D eigenvalue weighted by Gasteiger charge is 2.49. The van der Waals surface area contributed by atoms with Crippen molar-refractivity contribution in [3.63, 3.8) is 0 Å². The van der Waals surface area contributed by atoms with Gasteiger partial charge in [0.2, 0.25) is 0 Å². The van der Waals surface area contributed by atoms with Crippen molar-refractivity contribution >= 4 is 8.03 Å². The highest BCUT2D eigenvalue weighted by atomic mass is 31.1. The van der Waals surface area contributed by atoms with Crippen LogP contribution in [0.15, 0.2) is 0 Å². The van der Waals surface area contributed by atoms with E-state index in [-0.39, 0.29) is 0 Å². The van der Waals surface area contributed by atoms with Crippen molar-refractivity contribution < 1.29 is 9.09 Å². The van der Waals surface area contributed by atoms with Gasteiger partial charge in [-0.15, -0.1) is 4.52 Å². The van der Waals surface area contributed by atoms with Crippen molar-refractivity contribution in [1.29, 1.82) is 0 Å². The fourth-order valence-electron chi connectivity index (χ4n) is 3.01. The van der Waals surface area contributed by atoms with E-state index in [0.717, 1.165) is 18.3 Å². The predicted molar refractivity (Wildman–Crippen MR) is 53.1 cm³/mol. The van der Waals surface area contributed by atoms with Crippen LogP contribution in [-0.2, 0) is 9.09 Å². The first-order valence-corrected chi connectivity index (χ1v) is 6.67. The van der Waals surface area contributed by atoms with Gasteiger partial charge in [0.05, 0.1) is 6.61 Å². The molecule has 0 aromatic carbocycles. The van der Waals surface area contributed by atoms with E-state index < -0.39 is 8.03 Å². The van der Waals surface area contributed by atoms with Crippen molar-refractivity contribution in [2.75, 3.05) is 6.61 Å². The standard InChI is InChI=1S/C10H18O2P/c1-2-12-13(11)10-7-6-8-4-3-5-9(8)10/h8-10H,2-7H2,1H3/q+1. The van der Waals surface area contributed by atoms with Gasteiger partial charge in [0.25, 0.3) is 0 Å². The van der Waals surface area contributed by atoms with Gasteiger partial charge in [0.15, 0.2) is 5.66 Å². The molecule has 2 aliphatic rings. The van der Waals surface area contributed by atoms with Crippen LogP contribution >= 0.6 is 8.03 Å². The minimum absolute atomic E-state index is 0.391. The first-order chi connectivity index (χ1) is 6.33. The number of hydrogen-bond acceptors (Lipinski definition) is 2. The molecule has 0 spiro atoms. The molecule has 4 atom stereocenters. The van der Waals surface area contributed by atoms with Gasteiger partial charge in [-0.25, -0.2) is 0 Å². The summed E-state index contributed by atoms with van der Waals surface area (Å²) in [5.41, 5.74) is 0.391. The van der Waals surface area contributed by atoms with Gasteiger partial charge in [-0.3, -0.25) is 0 Å². The lowest BCUT2D eigenvalue weighted by Crippen LogP contribution is -2.11. The Morgan fingerprint density at radius 2 is 2.15 bits per heavy atom. The molecule has 0 saturated heterocycles. The first-order valence-electron chi connectivity index (χ1n) is 5.42. The van der Waals surface area contributed by atoms with Crippen LogP contribution in [-0.4, -0.2) is 12.3 Å². The Morgan fingerprint density at radius 3 is 2.92 bits per heavy atom. The predicted octanol–water partition coefficient (Wildman–Crippen LogP) is 3.34. The van der Waals surface area contributed by atoms with Crippen molar-refractivity contribution in [2.45, 2.75) is 44.7 Å². The van der Waals surface area contributed by atoms with Crippen molar-refractivity contribution in [2.24, 2.45) is 11.8 Å². The van der Waals surface area contributed by atoms with E-state index in [0.29, 0.717) is 12.3 Å². The van der Waals surface area contributed by atoms with Crippen LogP contribution in [0.5, 0.6) is 0 Å². The van der Waals surface area contributed by atoms with Crippen molar-refractivity contribution in [1.82, 2.24) is 0 Å². The average Bonchev–Trinajstić information content (AvgIpc) is 2.62. The summed E-state index contributed by atoms with van der Waals surface area (Å²) in [6.07, 6.45) is 6.45. The molecule has 13 heavy (non-hydrogen) atoms. The SMILES string of the molecule is CCO[P+](=O)C1CCC2CCCC21. The number of hydrogen-bond donors (Lipinski definition) is 0. The van der Waals surface area contributed by atoms with Gasteiger partial charge >= 0.3 is 8.03 Å². The zero-order valence-corrected chi connectivity index (χ0v) is 9.13. The molecule has 0 radical (unpaired) electrons. The average molecular weight is 201 g/mol. The second-order valence-corrected chi connectivity index (χ2v) is 5.69. The molecule has 74 valence electrons. The zero-order valence-electron chi connectivity index (χ0n) is 8.24. The number of rotatable bonds is 3. The van der Waals surface area contributed by atoms with Gasteiger partial charge in [0.1, 0.15) is 0 Å². The third kappa shape index (κ3) is 1.80. The molecule has 0 bridgehead atoms. The lowest BCUT2D eigenvalue weighted by Gasteiger charge is -2.07. The second kappa shape index (κ2) is 4.06. The molecule has 0 aliphatic heterocycles. The third-order valence-corrected chi connectivity index (χ3v) is 5.27. The van der Waals surface area contributed by atoms with Crippen molar-refractivity contribution in [3.05, 3.63) is 0 Å². The van der Waals surface area contributed by atoms with Gasteiger partial charge in [0, 0.05) is 5.92 Å². The van der Waals surface area contributed by atoms with Crippen LogP contribution in [0.3, 0.4) is 0 Å². The Hall–Kier alpha value is 0.0600. The van der Waals surface area contributed by atoms with E-state index in [2.05, 4.69) is 0 Å². The monoisotopic (exact) mass is 201 g/mol. The molecule has 0 N–H and O–H groups in total. The summed E-state index contributed by atoms with van der Waals surface area (Å²) < 4.78 is 17.0. The highest BCUT2D eigenvalue weighted by Crippen LogP contribution is 2.53. The van der Waals surface area contributed by atoms with E-state index in [1.54, 1.807) is 0 Å². The van der Waals surface area contributed by atoms with Gasteiger partial charge in [-0.05, 0) is 43.1 Å². The van der Waals surface area contributed by atoms with Crippen molar-refractivity contribution in [3.8, 4) is 0 Å². The second-order valence-electron chi connectivity index (χ2n) is 4.20. The van der Waals surface area contributed by atoms with Gasteiger partial charge < -0.3 is 0 Å². The summed E-state index contributed by atoms with van der Waals surface area (Å²) in [6, 6.07) is 0. The fourth-order valence-corrected chi connectivity index (χ4v) is 4.53. The maximum absolute atomic E-state index is 11.7. The molecular formula is C10H18O2P+. The molecule has 0 aromatic heterocycles. The number of fused-ring (bicyclic) bond motifs is 1. The topological polar surface area (TPSA) is 26.3 Å². The summed E-state index contributed by atoms with van der Waals surface area (Å²) in [7, 11) is -1.36. The Balaban J connectivity index is 1.96. The molecule has 2 nitrogen and oxygen atoms in total. The molecule has 0 heterocycles. The molecule has 0 aromatic rings. The molecule has 2 aliphatic carbocycles. The van der Waals surface area contributed by atoms with E-state index in [1.165, 1.54) is 25.7 Å². The Labute approximate surface area is 80.9 Å². The summed E-state index contributed by atoms with van der Waals surface area (Å²) in [5, 5.41) is 0. The molecule has 2 fully saturated rings. The fraction of sp³-hybridized carbons (Fsp3) is 1.00.